The molecule has 74 valence electrons. The summed E-state index contributed by atoms with van der Waals surface area (Å²) in [7, 11) is 0. The molecule has 14 heavy (non-hydrogen) atoms. The molecule has 0 aliphatic carbocycles. The molecule has 0 aromatic heterocycles. The van der Waals surface area contributed by atoms with Gasteiger partial charge in [-0.25, -0.2) is 4.39 Å². The molecule has 0 bridgehead atoms. The van der Waals surface area contributed by atoms with Gasteiger partial charge in [0.05, 0.1) is 17.0 Å². The molecular formula is C9H9FN2O2. The van der Waals surface area contributed by atoms with Gasteiger partial charge in [-0.15, -0.1) is 6.58 Å². The van der Waals surface area contributed by atoms with E-state index < -0.39 is 16.8 Å². The average Bonchev–Trinajstić information content (AvgIpc) is 2.16. The second-order valence-corrected chi connectivity index (χ2v) is 2.72. The summed E-state index contributed by atoms with van der Waals surface area (Å²) < 4.78 is 13.2. The number of benzene rings is 1. The highest BCUT2D eigenvalue weighted by molar-refractivity contribution is 5.36. The molecule has 1 rings (SSSR count). The maximum Gasteiger partial charge on any atom is 0.272 e. The average molecular weight is 196 g/mol. The van der Waals surface area contributed by atoms with Crippen LogP contribution in [0.25, 0.3) is 0 Å². The van der Waals surface area contributed by atoms with E-state index >= 15 is 0 Å². The molecule has 1 aromatic rings. The lowest BCUT2D eigenvalue weighted by molar-refractivity contribution is -0.385. The van der Waals surface area contributed by atoms with Gasteiger partial charge in [0, 0.05) is 11.6 Å². The molecule has 0 heterocycles. The van der Waals surface area contributed by atoms with Crippen LogP contribution in [0.2, 0.25) is 0 Å². The summed E-state index contributed by atoms with van der Waals surface area (Å²) in [6.45, 7) is 3.41. The zero-order valence-corrected chi connectivity index (χ0v) is 7.31. The summed E-state index contributed by atoms with van der Waals surface area (Å²) in [5.41, 5.74) is 5.40. The fraction of sp³-hybridized carbons (Fsp3) is 0.111. The Kier molecular flexibility index (Phi) is 2.93. The second kappa shape index (κ2) is 3.97. The third-order valence-corrected chi connectivity index (χ3v) is 1.81. The summed E-state index contributed by atoms with van der Waals surface area (Å²) in [6, 6.07) is 2.70. The van der Waals surface area contributed by atoms with E-state index in [1.165, 1.54) is 18.2 Å². The monoisotopic (exact) mass is 196 g/mol. The van der Waals surface area contributed by atoms with Crippen LogP contribution in [0.5, 0.6) is 0 Å². The summed E-state index contributed by atoms with van der Waals surface area (Å²) >= 11 is 0. The van der Waals surface area contributed by atoms with Gasteiger partial charge in [-0.3, -0.25) is 10.1 Å². The molecule has 0 aliphatic rings. The van der Waals surface area contributed by atoms with E-state index in [0.717, 1.165) is 6.07 Å². The predicted octanol–water partition coefficient (Wildman–Crippen LogP) is 1.92. The fourth-order valence-corrected chi connectivity index (χ4v) is 1.03. The van der Waals surface area contributed by atoms with Gasteiger partial charge in [-0.1, -0.05) is 6.08 Å². The smallest absolute Gasteiger partial charge is 0.272 e. The van der Waals surface area contributed by atoms with Gasteiger partial charge in [-0.2, -0.15) is 0 Å². The molecule has 4 nitrogen and oxygen atoms in total. The van der Waals surface area contributed by atoms with Crippen LogP contribution in [0.15, 0.2) is 30.9 Å². The first-order chi connectivity index (χ1) is 6.56. The summed E-state index contributed by atoms with van der Waals surface area (Å²) in [6.07, 6.45) is 1.37. The van der Waals surface area contributed by atoms with Gasteiger partial charge >= 0.3 is 0 Å². The Bertz CT molecular complexity index is 379. The molecule has 2 N–H and O–H groups in total. The third-order valence-electron chi connectivity index (χ3n) is 1.81. The van der Waals surface area contributed by atoms with Crippen molar-refractivity contribution in [2.75, 3.05) is 0 Å². The van der Waals surface area contributed by atoms with Crippen molar-refractivity contribution in [2.24, 2.45) is 5.73 Å². The molecule has 1 aromatic carbocycles. The first-order valence-electron chi connectivity index (χ1n) is 3.88. The van der Waals surface area contributed by atoms with Crippen LogP contribution in [0.3, 0.4) is 0 Å². The highest BCUT2D eigenvalue weighted by Gasteiger charge is 2.13. The standard InChI is InChI=1S/C9H9FN2O2/c1-2-9(11)7-4-3-6(12(13)14)5-8(7)10/h2-5,9H,1,11H2/t9-/m1/s1. The van der Waals surface area contributed by atoms with Crippen LogP contribution in [0.1, 0.15) is 11.6 Å². The lowest BCUT2D eigenvalue weighted by atomic mass is 10.1. The van der Waals surface area contributed by atoms with Crippen LogP contribution < -0.4 is 5.73 Å². The Morgan fingerprint density at radius 3 is 2.71 bits per heavy atom. The van der Waals surface area contributed by atoms with E-state index in [9.17, 15) is 14.5 Å². The number of hydrogen-bond donors (Lipinski definition) is 1. The van der Waals surface area contributed by atoms with E-state index in [-0.39, 0.29) is 11.3 Å². The topological polar surface area (TPSA) is 69.2 Å². The molecule has 5 heteroatoms. The summed E-state index contributed by atoms with van der Waals surface area (Å²) in [4.78, 5) is 9.63. The normalized spacial score (nSPS) is 12.1. The van der Waals surface area contributed by atoms with Crippen molar-refractivity contribution in [2.45, 2.75) is 6.04 Å². The van der Waals surface area contributed by atoms with Crippen molar-refractivity contribution in [1.29, 1.82) is 0 Å². The van der Waals surface area contributed by atoms with Crippen LogP contribution >= 0.6 is 0 Å². The third kappa shape index (κ3) is 1.94. The number of nitro groups is 1. The maximum atomic E-state index is 13.2. The molecule has 0 spiro atoms. The first kappa shape index (κ1) is 10.3. The van der Waals surface area contributed by atoms with Crippen molar-refractivity contribution in [3.05, 3.63) is 52.3 Å². The van der Waals surface area contributed by atoms with Crippen LogP contribution in [-0.2, 0) is 0 Å². The summed E-state index contributed by atoms with van der Waals surface area (Å²) in [5.74, 6) is -0.688. The van der Waals surface area contributed by atoms with E-state index in [1.54, 1.807) is 0 Å². The van der Waals surface area contributed by atoms with Crippen LogP contribution in [0.4, 0.5) is 10.1 Å². The van der Waals surface area contributed by atoms with Gasteiger partial charge in [0.15, 0.2) is 0 Å². The number of rotatable bonds is 3. The first-order valence-corrected chi connectivity index (χ1v) is 3.88. The Balaban J connectivity index is 3.13. The van der Waals surface area contributed by atoms with E-state index in [1.807, 2.05) is 0 Å². The molecule has 0 unspecified atom stereocenters. The fourth-order valence-electron chi connectivity index (χ4n) is 1.03. The zero-order valence-electron chi connectivity index (χ0n) is 7.31. The Hall–Kier alpha value is -1.75. The Morgan fingerprint density at radius 1 is 1.64 bits per heavy atom. The zero-order chi connectivity index (χ0) is 10.7. The molecule has 0 fully saturated rings. The number of nitrogens with zero attached hydrogens (tertiary/aromatic N) is 1. The highest BCUT2D eigenvalue weighted by Crippen LogP contribution is 2.20. The van der Waals surface area contributed by atoms with E-state index in [4.69, 9.17) is 5.73 Å². The second-order valence-electron chi connectivity index (χ2n) is 2.72. The van der Waals surface area contributed by atoms with Crippen molar-refractivity contribution in [1.82, 2.24) is 0 Å². The minimum Gasteiger partial charge on any atom is -0.321 e. The van der Waals surface area contributed by atoms with Crippen LogP contribution in [0, 0.1) is 15.9 Å². The van der Waals surface area contributed by atoms with Gasteiger partial charge in [-0.05, 0) is 6.07 Å². The quantitative estimate of drug-likeness (QED) is 0.456. The van der Waals surface area contributed by atoms with Crippen molar-refractivity contribution in [3.63, 3.8) is 0 Å². The number of nitro benzene ring substituents is 1. The SMILES string of the molecule is C=C[C@@H](N)c1ccc([N+](=O)[O-])cc1F. The number of non-ortho nitro benzene ring substituents is 1. The molecule has 0 amide bonds. The lowest BCUT2D eigenvalue weighted by Crippen LogP contribution is -2.08. The Labute approximate surface area is 80.0 Å². The largest absolute Gasteiger partial charge is 0.321 e. The van der Waals surface area contributed by atoms with Crippen molar-refractivity contribution < 1.29 is 9.31 Å². The maximum absolute atomic E-state index is 13.2. The minimum absolute atomic E-state index is 0.200. The van der Waals surface area contributed by atoms with Gasteiger partial charge < -0.3 is 5.73 Å². The molecule has 1 atom stereocenters. The molecular weight excluding hydrogens is 187 g/mol. The lowest BCUT2D eigenvalue weighted by Gasteiger charge is -2.06. The van der Waals surface area contributed by atoms with Gasteiger partial charge in [0.2, 0.25) is 0 Å². The van der Waals surface area contributed by atoms with Crippen molar-refractivity contribution >= 4 is 5.69 Å². The summed E-state index contributed by atoms with van der Waals surface area (Å²) in [5, 5.41) is 10.3. The Morgan fingerprint density at radius 2 is 2.29 bits per heavy atom. The van der Waals surface area contributed by atoms with E-state index in [2.05, 4.69) is 6.58 Å². The predicted molar refractivity (Wildman–Crippen MR) is 50.2 cm³/mol. The minimum atomic E-state index is -0.688. The van der Waals surface area contributed by atoms with E-state index in [0.29, 0.717) is 0 Å². The molecule has 0 saturated carbocycles. The molecule has 0 saturated heterocycles. The number of nitrogens with two attached hydrogens (primary N) is 1. The van der Waals surface area contributed by atoms with Gasteiger partial charge in [0.1, 0.15) is 5.82 Å². The van der Waals surface area contributed by atoms with Crippen LogP contribution in [-0.4, -0.2) is 4.92 Å². The van der Waals surface area contributed by atoms with Gasteiger partial charge in [0.25, 0.3) is 5.69 Å². The highest BCUT2D eigenvalue weighted by atomic mass is 19.1. The number of halogens is 1. The molecule has 0 aliphatic heterocycles. The number of hydrogen-bond acceptors (Lipinski definition) is 3. The molecule has 0 radical (unpaired) electrons. The van der Waals surface area contributed by atoms with Crippen molar-refractivity contribution in [3.8, 4) is 0 Å².